The van der Waals surface area contributed by atoms with E-state index in [2.05, 4.69) is 5.32 Å². The van der Waals surface area contributed by atoms with E-state index in [0.717, 1.165) is 6.42 Å². The number of nitrogens with one attached hydrogen (secondary N) is 1. The Morgan fingerprint density at radius 3 is 2.20 bits per heavy atom. The molecule has 0 aliphatic rings. The smallest absolute Gasteiger partial charge is 0.264 e. The summed E-state index contributed by atoms with van der Waals surface area (Å²) in [5.41, 5.74) is 0.955. The summed E-state index contributed by atoms with van der Waals surface area (Å²) in [5, 5.41) is 3.34. The van der Waals surface area contributed by atoms with Crippen LogP contribution in [0.5, 0.6) is 0 Å². The highest BCUT2D eigenvalue weighted by Gasteiger charge is 2.21. The number of carbonyl (C=O) groups is 1. The van der Waals surface area contributed by atoms with E-state index in [4.69, 9.17) is 11.6 Å². The Kier molecular flexibility index (Phi) is 6.08. The van der Waals surface area contributed by atoms with E-state index in [1.807, 2.05) is 13.8 Å². The molecule has 134 valence electrons. The summed E-state index contributed by atoms with van der Waals surface area (Å²) in [7, 11) is -2.22. The Bertz CT molecular complexity index is 834. The number of hydrogen-bond acceptors (Lipinski definition) is 3. The molecule has 1 amide bonds. The molecule has 0 heterocycles. The van der Waals surface area contributed by atoms with Gasteiger partial charge in [-0.1, -0.05) is 18.5 Å². The van der Waals surface area contributed by atoms with Crippen LogP contribution in [-0.2, 0) is 10.0 Å². The van der Waals surface area contributed by atoms with Crippen molar-refractivity contribution in [2.45, 2.75) is 31.2 Å². The maximum absolute atomic E-state index is 12.7. The van der Waals surface area contributed by atoms with Crippen LogP contribution in [0, 0.1) is 0 Å². The van der Waals surface area contributed by atoms with Crippen molar-refractivity contribution in [3.05, 3.63) is 59.1 Å². The monoisotopic (exact) mass is 380 g/mol. The molecule has 2 aromatic carbocycles. The SMILES string of the molecule is CC[C@H](C)NC(=O)c1ccc(N(C)S(=O)(=O)c2ccc(Cl)cc2)cc1. The van der Waals surface area contributed by atoms with Gasteiger partial charge in [0.1, 0.15) is 0 Å². The summed E-state index contributed by atoms with van der Waals surface area (Å²) < 4.78 is 26.5. The lowest BCUT2D eigenvalue weighted by atomic mass is 10.1. The molecule has 0 aromatic heterocycles. The van der Waals surface area contributed by atoms with E-state index in [9.17, 15) is 13.2 Å². The standard InChI is InChI=1S/C18H21ClN2O3S/c1-4-13(2)20-18(22)14-5-9-16(10-6-14)21(3)25(23,24)17-11-7-15(19)8-12-17/h5-13H,4H2,1-3H3,(H,20,22)/t13-/m0/s1. The zero-order valence-corrected chi connectivity index (χ0v) is 15.9. The van der Waals surface area contributed by atoms with Crippen LogP contribution in [0.4, 0.5) is 5.69 Å². The predicted octanol–water partition coefficient (Wildman–Crippen LogP) is 3.69. The summed E-state index contributed by atoms with van der Waals surface area (Å²) in [6, 6.07) is 12.5. The Labute approximate surface area is 153 Å². The first kappa shape index (κ1) is 19.3. The average Bonchev–Trinajstić information content (AvgIpc) is 2.61. The molecule has 2 aromatic rings. The van der Waals surface area contributed by atoms with Gasteiger partial charge in [0.15, 0.2) is 0 Å². The van der Waals surface area contributed by atoms with Crippen LogP contribution in [0.1, 0.15) is 30.6 Å². The summed E-state index contributed by atoms with van der Waals surface area (Å²) in [6.45, 7) is 3.92. The third kappa shape index (κ3) is 4.52. The predicted molar refractivity (Wildman–Crippen MR) is 101 cm³/mol. The first-order valence-corrected chi connectivity index (χ1v) is 9.73. The highest BCUT2D eigenvalue weighted by molar-refractivity contribution is 7.92. The molecular formula is C18H21ClN2O3S. The molecular weight excluding hydrogens is 360 g/mol. The molecule has 25 heavy (non-hydrogen) atoms. The van der Waals surface area contributed by atoms with E-state index in [1.54, 1.807) is 24.3 Å². The molecule has 5 nitrogen and oxygen atoms in total. The lowest BCUT2D eigenvalue weighted by molar-refractivity contribution is 0.0939. The van der Waals surface area contributed by atoms with Gasteiger partial charge in [-0.25, -0.2) is 8.42 Å². The van der Waals surface area contributed by atoms with E-state index in [0.29, 0.717) is 16.3 Å². The van der Waals surface area contributed by atoms with Crippen LogP contribution >= 0.6 is 11.6 Å². The number of hydrogen-bond donors (Lipinski definition) is 1. The van der Waals surface area contributed by atoms with Gasteiger partial charge in [0.05, 0.1) is 10.6 Å². The van der Waals surface area contributed by atoms with Gasteiger partial charge in [-0.3, -0.25) is 9.10 Å². The molecule has 0 aliphatic heterocycles. The number of sulfonamides is 1. The number of nitrogens with zero attached hydrogens (tertiary/aromatic N) is 1. The lowest BCUT2D eigenvalue weighted by Crippen LogP contribution is -2.32. The Balaban J connectivity index is 2.21. The summed E-state index contributed by atoms with van der Waals surface area (Å²) in [4.78, 5) is 12.2. The van der Waals surface area contributed by atoms with Crippen molar-refractivity contribution in [2.24, 2.45) is 0 Å². The van der Waals surface area contributed by atoms with Crippen molar-refractivity contribution in [1.29, 1.82) is 0 Å². The maximum atomic E-state index is 12.7. The zero-order valence-electron chi connectivity index (χ0n) is 14.4. The zero-order chi connectivity index (χ0) is 18.6. The normalized spacial score (nSPS) is 12.5. The first-order valence-electron chi connectivity index (χ1n) is 7.91. The van der Waals surface area contributed by atoms with E-state index >= 15 is 0 Å². The van der Waals surface area contributed by atoms with Gasteiger partial charge in [0.2, 0.25) is 0 Å². The minimum Gasteiger partial charge on any atom is -0.350 e. The van der Waals surface area contributed by atoms with Crippen LogP contribution in [0.15, 0.2) is 53.4 Å². The molecule has 0 unspecified atom stereocenters. The van der Waals surface area contributed by atoms with Gasteiger partial charge in [0.25, 0.3) is 15.9 Å². The molecule has 0 fully saturated rings. The van der Waals surface area contributed by atoms with Crippen molar-refractivity contribution in [1.82, 2.24) is 5.32 Å². The molecule has 7 heteroatoms. The lowest BCUT2D eigenvalue weighted by Gasteiger charge is -2.20. The van der Waals surface area contributed by atoms with Crippen LogP contribution < -0.4 is 9.62 Å². The van der Waals surface area contributed by atoms with Crippen LogP contribution in [0.25, 0.3) is 0 Å². The third-order valence-corrected chi connectivity index (χ3v) is 6.01. The summed E-state index contributed by atoms with van der Waals surface area (Å²) in [6.07, 6.45) is 0.839. The van der Waals surface area contributed by atoms with Crippen molar-refractivity contribution in [3.63, 3.8) is 0 Å². The van der Waals surface area contributed by atoms with Gasteiger partial charge in [-0.15, -0.1) is 0 Å². The molecule has 0 bridgehead atoms. The number of halogens is 1. The largest absolute Gasteiger partial charge is 0.350 e. The van der Waals surface area contributed by atoms with Crippen LogP contribution in [0.3, 0.4) is 0 Å². The number of carbonyl (C=O) groups excluding carboxylic acids is 1. The van der Waals surface area contributed by atoms with Gasteiger partial charge >= 0.3 is 0 Å². The van der Waals surface area contributed by atoms with Gasteiger partial charge in [-0.05, 0) is 61.9 Å². The number of benzene rings is 2. The third-order valence-electron chi connectivity index (χ3n) is 3.96. The van der Waals surface area contributed by atoms with E-state index in [1.165, 1.54) is 35.6 Å². The van der Waals surface area contributed by atoms with E-state index < -0.39 is 10.0 Å². The molecule has 0 saturated carbocycles. The van der Waals surface area contributed by atoms with Crippen LogP contribution in [-0.4, -0.2) is 27.4 Å². The van der Waals surface area contributed by atoms with Gasteiger partial charge in [-0.2, -0.15) is 0 Å². The molecule has 1 atom stereocenters. The molecule has 2 rings (SSSR count). The average molecular weight is 381 g/mol. The number of anilines is 1. The second-order valence-corrected chi connectivity index (χ2v) is 8.16. The quantitative estimate of drug-likeness (QED) is 0.831. The second-order valence-electron chi connectivity index (χ2n) is 5.76. The molecule has 0 saturated heterocycles. The molecule has 0 radical (unpaired) electrons. The van der Waals surface area contributed by atoms with Crippen molar-refractivity contribution >= 4 is 33.2 Å². The maximum Gasteiger partial charge on any atom is 0.264 e. The number of rotatable bonds is 6. The van der Waals surface area contributed by atoms with Gasteiger partial charge < -0.3 is 5.32 Å². The second kappa shape index (κ2) is 7.89. The molecule has 0 aliphatic carbocycles. The Hall–Kier alpha value is -2.05. The van der Waals surface area contributed by atoms with Crippen molar-refractivity contribution in [3.8, 4) is 0 Å². The topological polar surface area (TPSA) is 66.5 Å². The fourth-order valence-electron chi connectivity index (χ4n) is 2.14. The minimum atomic E-state index is -3.69. The van der Waals surface area contributed by atoms with Crippen molar-refractivity contribution < 1.29 is 13.2 Å². The Morgan fingerprint density at radius 1 is 1.12 bits per heavy atom. The van der Waals surface area contributed by atoms with E-state index in [-0.39, 0.29) is 16.8 Å². The summed E-state index contributed by atoms with van der Waals surface area (Å²) in [5.74, 6) is -0.177. The highest BCUT2D eigenvalue weighted by atomic mass is 35.5. The Morgan fingerprint density at radius 2 is 1.68 bits per heavy atom. The first-order chi connectivity index (χ1) is 11.8. The fraction of sp³-hybridized carbons (Fsp3) is 0.278. The molecule has 0 spiro atoms. The van der Waals surface area contributed by atoms with Crippen LogP contribution in [0.2, 0.25) is 5.02 Å². The summed E-state index contributed by atoms with van der Waals surface area (Å²) >= 11 is 5.81. The fourth-order valence-corrected chi connectivity index (χ4v) is 3.46. The van der Waals surface area contributed by atoms with Crippen molar-refractivity contribution in [2.75, 3.05) is 11.4 Å². The highest BCUT2D eigenvalue weighted by Crippen LogP contribution is 2.23. The minimum absolute atomic E-state index is 0.0835. The van der Waals surface area contributed by atoms with Gasteiger partial charge in [0, 0.05) is 23.7 Å². The molecule has 1 N–H and O–H groups in total. The number of amides is 1.